The Balaban J connectivity index is 3.59. The lowest BCUT2D eigenvalue weighted by Gasteiger charge is -2.16. The Hall–Kier alpha value is -2.20. The lowest BCUT2D eigenvalue weighted by Crippen LogP contribution is -2.23. The van der Waals surface area contributed by atoms with E-state index < -0.39 is 41.4 Å². The van der Waals surface area contributed by atoms with Gasteiger partial charge >= 0.3 is 18.5 Å². The number of hydrogen-bond acceptors (Lipinski definition) is 4. The molecule has 1 aromatic heterocycles. The van der Waals surface area contributed by atoms with Gasteiger partial charge in [-0.3, -0.25) is 0 Å². The van der Waals surface area contributed by atoms with Crippen LogP contribution in [0.15, 0.2) is 6.07 Å². The van der Waals surface area contributed by atoms with Crippen LogP contribution in [0.1, 0.15) is 15.9 Å². The Morgan fingerprint density at radius 3 is 2.15 bits per heavy atom. The van der Waals surface area contributed by atoms with Gasteiger partial charge in [-0.1, -0.05) is 0 Å². The number of carbonyl (C=O) groups is 1. The third kappa shape index (κ3) is 3.65. The first-order chi connectivity index (χ1) is 8.95. The summed E-state index contributed by atoms with van der Waals surface area (Å²) in [7, 11) is 0.848. The summed E-state index contributed by atoms with van der Waals surface area (Å²) in [6.07, 6.45) is -10.6. The second-order valence-electron chi connectivity index (χ2n) is 3.24. The zero-order chi connectivity index (χ0) is 15.7. The molecule has 0 atom stereocenters. The maximum atomic E-state index is 12.7. The van der Waals surface area contributed by atoms with E-state index in [0.29, 0.717) is 0 Å². The Kier molecular flexibility index (Phi) is 4.01. The van der Waals surface area contributed by atoms with E-state index >= 15 is 0 Å². The van der Waals surface area contributed by atoms with Crippen LogP contribution >= 0.6 is 0 Å². The molecule has 20 heavy (non-hydrogen) atoms. The molecule has 0 saturated carbocycles. The molecular weight excluding hydrogens is 300 g/mol. The highest BCUT2D eigenvalue weighted by molar-refractivity contribution is 5.92. The first kappa shape index (κ1) is 15.9. The number of halogens is 6. The molecule has 0 unspecified atom stereocenters. The average Bonchev–Trinajstić information content (AvgIpc) is 2.23. The van der Waals surface area contributed by atoms with Gasteiger partial charge in [0.15, 0.2) is 0 Å². The molecule has 0 amide bonds. The molecule has 0 saturated heterocycles. The summed E-state index contributed by atoms with van der Waals surface area (Å²) in [5.41, 5.74) is -3.62. The quantitative estimate of drug-likeness (QED) is 0.870. The maximum Gasteiger partial charge on any atom is 0.574 e. The number of aromatic nitrogens is 1. The fourth-order valence-electron chi connectivity index (χ4n) is 1.22. The monoisotopic (exact) mass is 305 g/mol. The second-order valence-corrected chi connectivity index (χ2v) is 3.24. The number of carboxylic acids is 1. The van der Waals surface area contributed by atoms with E-state index in [0.717, 1.165) is 7.11 Å². The van der Waals surface area contributed by atoms with Gasteiger partial charge in [-0.2, -0.15) is 18.2 Å². The van der Waals surface area contributed by atoms with E-state index in [-0.39, 0.29) is 6.07 Å². The minimum absolute atomic E-state index is 0.159. The highest BCUT2D eigenvalue weighted by Crippen LogP contribution is 2.38. The number of carboxylic acid groups (broad SMARTS) is 1. The lowest BCUT2D eigenvalue weighted by molar-refractivity contribution is -0.276. The third-order valence-electron chi connectivity index (χ3n) is 1.90. The smallest absolute Gasteiger partial charge is 0.481 e. The molecular formula is C9H5F6NO4. The highest BCUT2D eigenvalue weighted by atomic mass is 19.4. The van der Waals surface area contributed by atoms with Crippen molar-refractivity contribution in [3.8, 4) is 11.8 Å². The van der Waals surface area contributed by atoms with Crippen molar-refractivity contribution in [3.63, 3.8) is 0 Å². The van der Waals surface area contributed by atoms with Crippen molar-refractivity contribution < 1.29 is 45.7 Å². The fraction of sp³-hybridized carbons (Fsp3) is 0.333. The van der Waals surface area contributed by atoms with Crippen LogP contribution in [-0.4, -0.2) is 29.5 Å². The average molecular weight is 305 g/mol. The van der Waals surface area contributed by atoms with Crippen LogP contribution in [0.2, 0.25) is 0 Å². The fourth-order valence-corrected chi connectivity index (χ4v) is 1.22. The number of hydrogen-bond donors (Lipinski definition) is 1. The number of ether oxygens (including phenoxy) is 2. The predicted octanol–water partition coefficient (Wildman–Crippen LogP) is 2.71. The number of rotatable bonds is 3. The first-order valence-corrected chi connectivity index (χ1v) is 4.61. The van der Waals surface area contributed by atoms with E-state index in [1.54, 1.807) is 0 Å². The Bertz CT molecular complexity index is 524. The van der Waals surface area contributed by atoms with Crippen molar-refractivity contribution in [1.82, 2.24) is 4.98 Å². The molecule has 0 fully saturated rings. The highest BCUT2D eigenvalue weighted by Gasteiger charge is 2.42. The zero-order valence-corrected chi connectivity index (χ0v) is 9.46. The largest absolute Gasteiger partial charge is 0.574 e. The van der Waals surface area contributed by atoms with Gasteiger partial charge < -0.3 is 14.6 Å². The van der Waals surface area contributed by atoms with Gasteiger partial charge in [-0.25, -0.2) is 4.79 Å². The van der Waals surface area contributed by atoms with Crippen molar-refractivity contribution in [2.24, 2.45) is 0 Å². The molecule has 1 N–H and O–H groups in total. The van der Waals surface area contributed by atoms with Crippen molar-refractivity contribution in [1.29, 1.82) is 0 Å². The van der Waals surface area contributed by atoms with Crippen LogP contribution in [0.5, 0.6) is 11.8 Å². The molecule has 0 aromatic carbocycles. The third-order valence-corrected chi connectivity index (χ3v) is 1.90. The van der Waals surface area contributed by atoms with Gasteiger partial charge in [0.1, 0.15) is 5.56 Å². The van der Waals surface area contributed by atoms with Crippen LogP contribution in [0.3, 0.4) is 0 Å². The lowest BCUT2D eigenvalue weighted by atomic mass is 10.1. The van der Waals surface area contributed by atoms with E-state index in [4.69, 9.17) is 5.11 Å². The summed E-state index contributed by atoms with van der Waals surface area (Å²) in [6, 6.07) is 0.159. The van der Waals surface area contributed by atoms with Crippen molar-refractivity contribution in [2.75, 3.05) is 7.11 Å². The molecule has 0 radical (unpaired) electrons. The summed E-state index contributed by atoms with van der Waals surface area (Å²) in [4.78, 5) is 13.7. The SMILES string of the molecule is COc1cc(C(F)(F)F)c(C(=O)O)c(OC(F)(F)F)n1. The minimum Gasteiger partial charge on any atom is -0.481 e. The molecule has 0 aliphatic heterocycles. The van der Waals surface area contributed by atoms with Crippen molar-refractivity contribution in [2.45, 2.75) is 12.5 Å². The minimum atomic E-state index is -5.41. The first-order valence-electron chi connectivity index (χ1n) is 4.61. The van der Waals surface area contributed by atoms with Gasteiger partial charge in [0, 0.05) is 6.07 Å². The molecule has 0 bridgehead atoms. The molecule has 1 rings (SSSR count). The molecule has 1 heterocycles. The topological polar surface area (TPSA) is 68.7 Å². The van der Waals surface area contributed by atoms with Crippen LogP contribution in [0.25, 0.3) is 0 Å². The van der Waals surface area contributed by atoms with Gasteiger partial charge in [0.2, 0.25) is 11.8 Å². The predicted molar refractivity (Wildman–Crippen MR) is 49.4 cm³/mol. The molecule has 0 aliphatic rings. The summed E-state index contributed by atoms with van der Waals surface area (Å²) in [5.74, 6) is -4.90. The van der Waals surface area contributed by atoms with E-state index in [1.165, 1.54) is 0 Å². The Morgan fingerprint density at radius 2 is 1.80 bits per heavy atom. The van der Waals surface area contributed by atoms with Crippen LogP contribution in [0.4, 0.5) is 26.3 Å². The van der Waals surface area contributed by atoms with Gasteiger partial charge in [0.25, 0.3) is 0 Å². The second kappa shape index (κ2) is 5.06. The summed E-state index contributed by atoms with van der Waals surface area (Å²) >= 11 is 0. The van der Waals surface area contributed by atoms with E-state index in [1.807, 2.05) is 0 Å². The zero-order valence-electron chi connectivity index (χ0n) is 9.46. The van der Waals surface area contributed by atoms with Crippen molar-refractivity contribution in [3.05, 3.63) is 17.2 Å². The van der Waals surface area contributed by atoms with Crippen LogP contribution < -0.4 is 9.47 Å². The Morgan fingerprint density at radius 1 is 1.25 bits per heavy atom. The summed E-state index contributed by atoms with van der Waals surface area (Å²) < 4.78 is 81.7. The molecule has 11 heteroatoms. The summed E-state index contributed by atoms with van der Waals surface area (Å²) in [6.45, 7) is 0. The molecule has 0 aliphatic carbocycles. The maximum absolute atomic E-state index is 12.7. The molecule has 1 aromatic rings. The van der Waals surface area contributed by atoms with Crippen LogP contribution in [-0.2, 0) is 6.18 Å². The number of alkyl halides is 6. The van der Waals surface area contributed by atoms with Crippen LogP contribution in [0, 0.1) is 0 Å². The standard InChI is InChI=1S/C9H5F6NO4/c1-19-4-2-3(8(10,11)12)5(7(17)18)6(16-4)20-9(13,14)15/h2H,1H3,(H,17,18). The molecule has 112 valence electrons. The normalized spacial score (nSPS) is 12.2. The number of pyridine rings is 1. The van der Waals surface area contributed by atoms with E-state index in [9.17, 15) is 31.1 Å². The van der Waals surface area contributed by atoms with Gasteiger partial charge in [0.05, 0.1) is 12.7 Å². The van der Waals surface area contributed by atoms with E-state index in [2.05, 4.69) is 14.5 Å². The molecule has 0 spiro atoms. The summed E-state index contributed by atoms with van der Waals surface area (Å²) in [5, 5.41) is 8.64. The van der Waals surface area contributed by atoms with Crippen molar-refractivity contribution >= 4 is 5.97 Å². The number of nitrogens with zero attached hydrogens (tertiary/aromatic N) is 1. The van der Waals surface area contributed by atoms with Gasteiger partial charge in [-0.05, 0) is 0 Å². The number of methoxy groups -OCH3 is 1. The Labute approximate surface area is 106 Å². The number of aromatic carboxylic acids is 1. The molecule has 5 nitrogen and oxygen atoms in total. The van der Waals surface area contributed by atoms with Gasteiger partial charge in [-0.15, -0.1) is 13.2 Å².